The second kappa shape index (κ2) is 5.64. The van der Waals surface area contributed by atoms with Gasteiger partial charge in [-0.3, -0.25) is 0 Å². The third kappa shape index (κ3) is 3.09. The van der Waals surface area contributed by atoms with Crippen LogP contribution >= 0.6 is 11.3 Å². The summed E-state index contributed by atoms with van der Waals surface area (Å²) in [6.07, 6.45) is 3.54. The topological polar surface area (TPSA) is 62.3 Å². The van der Waals surface area contributed by atoms with Crippen molar-refractivity contribution < 1.29 is 8.42 Å². The van der Waals surface area contributed by atoms with Crippen LogP contribution in [0.1, 0.15) is 17.8 Å². The van der Waals surface area contributed by atoms with Gasteiger partial charge >= 0.3 is 0 Å². The Morgan fingerprint density at radius 3 is 2.72 bits per heavy atom. The van der Waals surface area contributed by atoms with E-state index in [1.165, 1.54) is 21.8 Å². The van der Waals surface area contributed by atoms with Crippen LogP contribution in [0.3, 0.4) is 0 Å². The predicted molar refractivity (Wildman–Crippen MR) is 72.3 cm³/mol. The van der Waals surface area contributed by atoms with Gasteiger partial charge in [0.2, 0.25) is 0 Å². The second-order valence-corrected chi connectivity index (χ2v) is 8.18. The van der Waals surface area contributed by atoms with Crippen LogP contribution < -0.4 is 5.32 Å². The number of aromatic nitrogens is 1. The highest BCUT2D eigenvalue weighted by molar-refractivity contribution is 7.91. The molecule has 7 heteroatoms. The summed E-state index contributed by atoms with van der Waals surface area (Å²) in [5.74, 6) is 0.458. The Labute approximate surface area is 112 Å². The first kappa shape index (κ1) is 13.9. The molecule has 18 heavy (non-hydrogen) atoms. The van der Waals surface area contributed by atoms with Crippen LogP contribution in [0.15, 0.2) is 10.4 Å². The molecule has 1 saturated heterocycles. The smallest absolute Gasteiger partial charge is 0.253 e. The third-order valence-electron chi connectivity index (χ3n) is 3.24. The van der Waals surface area contributed by atoms with Gasteiger partial charge in [-0.15, -0.1) is 11.3 Å². The summed E-state index contributed by atoms with van der Waals surface area (Å²) >= 11 is 1.23. The van der Waals surface area contributed by atoms with Crippen molar-refractivity contribution >= 4 is 21.4 Å². The van der Waals surface area contributed by atoms with Gasteiger partial charge in [-0.1, -0.05) is 0 Å². The van der Waals surface area contributed by atoms with Gasteiger partial charge in [0.1, 0.15) is 0 Å². The lowest BCUT2D eigenvalue weighted by atomic mass is 9.98. The Morgan fingerprint density at radius 2 is 2.17 bits per heavy atom. The summed E-state index contributed by atoms with van der Waals surface area (Å²) in [6, 6.07) is 0. The molecule has 2 heterocycles. The molecule has 0 saturated carbocycles. The zero-order valence-electron chi connectivity index (χ0n) is 10.7. The summed E-state index contributed by atoms with van der Waals surface area (Å²) in [7, 11) is -1.69. The van der Waals surface area contributed by atoms with Crippen LogP contribution in [0.4, 0.5) is 0 Å². The number of piperidine rings is 1. The molecule has 1 N–H and O–H groups in total. The SMILES string of the molecule is Cc1ncc(S(=O)(=O)N(C)CC2CCNCC2)s1. The molecule has 5 nitrogen and oxygen atoms in total. The van der Waals surface area contributed by atoms with E-state index in [1.807, 2.05) is 6.92 Å². The van der Waals surface area contributed by atoms with Crippen LogP contribution in [0.5, 0.6) is 0 Å². The van der Waals surface area contributed by atoms with Crippen molar-refractivity contribution in [2.45, 2.75) is 24.0 Å². The number of aryl methyl sites for hydroxylation is 1. The zero-order chi connectivity index (χ0) is 13.2. The maximum Gasteiger partial charge on any atom is 0.253 e. The minimum Gasteiger partial charge on any atom is -0.317 e. The van der Waals surface area contributed by atoms with Gasteiger partial charge in [-0.05, 0) is 38.8 Å². The van der Waals surface area contributed by atoms with Crippen molar-refractivity contribution in [3.8, 4) is 0 Å². The van der Waals surface area contributed by atoms with Gasteiger partial charge in [0.25, 0.3) is 10.0 Å². The summed E-state index contributed by atoms with van der Waals surface area (Å²) in [4.78, 5) is 4.01. The molecule has 0 radical (unpaired) electrons. The Balaban J connectivity index is 2.05. The van der Waals surface area contributed by atoms with E-state index in [2.05, 4.69) is 10.3 Å². The van der Waals surface area contributed by atoms with Gasteiger partial charge in [-0.2, -0.15) is 4.31 Å². The molecule has 0 amide bonds. The van der Waals surface area contributed by atoms with E-state index in [9.17, 15) is 8.42 Å². The largest absolute Gasteiger partial charge is 0.317 e. The van der Waals surface area contributed by atoms with E-state index in [4.69, 9.17) is 0 Å². The van der Waals surface area contributed by atoms with Crippen LogP contribution in [0.25, 0.3) is 0 Å². The molecule has 1 aromatic heterocycles. The first-order valence-corrected chi connectivity index (χ1v) is 8.35. The number of nitrogens with zero attached hydrogens (tertiary/aromatic N) is 2. The van der Waals surface area contributed by atoms with Gasteiger partial charge in [-0.25, -0.2) is 13.4 Å². The Hall–Kier alpha value is -0.500. The number of nitrogens with one attached hydrogen (secondary N) is 1. The molecule has 0 aromatic carbocycles. The van der Waals surface area contributed by atoms with E-state index >= 15 is 0 Å². The fourth-order valence-corrected chi connectivity index (χ4v) is 4.71. The van der Waals surface area contributed by atoms with Crippen molar-refractivity contribution in [2.24, 2.45) is 5.92 Å². The first-order chi connectivity index (χ1) is 8.50. The van der Waals surface area contributed by atoms with Gasteiger partial charge in [0, 0.05) is 13.6 Å². The quantitative estimate of drug-likeness (QED) is 0.900. The Kier molecular flexibility index (Phi) is 4.37. The molecule has 0 spiro atoms. The van der Waals surface area contributed by atoms with E-state index in [0.29, 0.717) is 16.7 Å². The average molecular weight is 289 g/mol. The van der Waals surface area contributed by atoms with Crippen molar-refractivity contribution in [1.82, 2.24) is 14.6 Å². The lowest BCUT2D eigenvalue weighted by Crippen LogP contribution is -2.37. The normalized spacial score (nSPS) is 18.4. The molecule has 0 atom stereocenters. The van der Waals surface area contributed by atoms with Gasteiger partial charge in [0.15, 0.2) is 4.21 Å². The van der Waals surface area contributed by atoms with Crippen LogP contribution in [-0.2, 0) is 10.0 Å². The maximum atomic E-state index is 12.3. The Bertz CT molecular complexity index is 492. The highest BCUT2D eigenvalue weighted by Gasteiger charge is 2.26. The maximum absolute atomic E-state index is 12.3. The van der Waals surface area contributed by atoms with E-state index < -0.39 is 10.0 Å². The predicted octanol–water partition coefficient (Wildman–Crippen LogP) is 1.07. The van der Waals surface area contributed by atoms with Crippen LogP contribution in [0.2, 0.25) is 0 Å². The first-order valence-electron chi connectivity index (χ1n) is 6.09. The standard InChI is InChI=1S/C11H19N3O2S2/c1-9-13-7-11(17-9)18(15,16)14(2)8-10-3-5-12-6-4-10/h7,10,12H,3-6,8H2,1-2H3. The summed E-state index contributed by atoms with van der Waals surface area (Å²) < 4.78 is 26.4. The average Bonchev–Trinajstić information content (AvgIpc) is 2.78. The van der Waals surface area contributed by atoms with Gasteiger partial charge in [0.05, 0.1) is 11.2 Å². The number of rotatable bonds is 4. The lowest BCUT2D eigenvalue weighted by molar-refractivity contribution is 0.311. The minimum atomic E-state index is -3.35. The second-order valence-electron chi connectivity index (χ2n) is 4.68. The highest BCUT2D eigenvalue weighted by Crippen LogP contribution is 2.23. The molecule has 1 aliphatic heterocycles. The fourth-order valence-electron chi connectivity index (χ4n) is 2.14. The number of hydrogen-bond donors (Lipinski definition) is 1. The molecule has 0 bridgehead atoms. The summed E-state index contributed by atoms with van der Waals surface area (Å²) in [5.41, 5.74) is 0. The summed E-state index contributed by atoms with van der Waals surface area (Å²) in [5, 5.41) is 4.07. The molecule has 1 aromatic rings. The summed E-state index contributed by atoms with van der Waals surface area (Å²) in [6.45, 7) is 4.38. The molecule has 102 valence electrons. The zero-order valence-corrected chi connectivity index (χ0v) is 12.4. The fraction of sp³-hybridized carbons (Fsp3) is 0.727. The van der Waals surface area contributed by atoms with Crippen molar-refractivity contribution in [1.29, 1.82) is 0 Å². The van der Waals surface area contributed by atoms with E-state index in [-0.39, 0.29) is 0 Å². The molecule has 1 aliphatic rings. The molecule has 0 unspecified atom stereocenters. The highest BCUT2D eigenvalue weighted by atomic mass is 32.2. The number of sulfonamides is 1. The van der Waals surface area contributed by atoms with Crippen LogP contribution in [-0.4, -0.2) is 44.4 Å². The number of hydrogen-bond acceptors (Lipinski definition) is 5. The van der Waals surface area contributed by atoms with Gasteiger partial charge < -0.3 is 5.32 Å². The lowest BCUT2D eigenvalue weighted by Gasteiger charge is -2.26. The van der Waals surface area contributed by atoms with E-state index in [1.54, 1.807) is 7.05 Å². The molecule has 0 aliphatic carbocycles. The Morgan fingerprint density at radius 1 is 1.50 bits per heavy atom. The van der Waals surface area contributed by atoms with Crippen LogP contribution in [0, 0.1) is 12.8 Å². The molecule has 1 fully saturated rings. The van der Waals surface area contributed by atoms with E-state index in [0.717, 1.165) is 30.9 Å². The minimum absolute atomic E-state index is 0.344. The van der Waals surface area contributed by atoms with Crippen molar-refractivity contribution in [3.63, 3.8) is 0 Å². The van der Waals surface area contributed by atoms with Crippen molar-refractivity contribution in [3.05, 3.63) is 11.2 Å². The number of thiazole rings is 1. The molecular formula is C11H19N3O2S2. The molecular weight excluding hydrogens is 270 g/mol. The third-order valence-corrected chi connectivity index (χ3v) is 6.41. The monoisotopic (exact) mass is 289 g/mol. The molecule has 2 rings (SSSR count). The van der Waals surface area contributed by atoms with Crippen molar-refractivity contribution in [2.75, 3.05) is 26.7 Å².